The molecule has 2 aromatic heterocycles. The van der Waals surface area contributed by atoms with E-state index in [0.717, 1.165) is 11.2 Å². The predicted molar refractivity (Wildman–Crippen MR) is 196 cm³/mol. The lowest BCUT2D eigenvalue weighted by molar-refractivity contribution is 0.00578. The molecule has 1 fully saturated rings. The van der Waals surface area contributed by atoms with Gasteiger partial charge in [0.1, 0.15) is 0 Å². The predicted octanol–water partition coefficient (Wildman–Crippen LogP) is 9.85. The fourth-order valence-corrected chi connectivity index (χ4v) is 7.20. The van der Waals surface area contributed by atoms with Gasteiger partial charge in [-0.15, -0.1) is 0 Å². The van der Waals surface area contributed by atoms with Crippen LogP contribution in [-0.4, -0.2) is 27.5 Å². The highest BCUT2D eigenvalue weighted by Gasteiger charge is 2.51. The highest BCUT2D eigenvalue weighted by atomic mass is 16.7. The van der Waals surface area contributed by atoms with E-state index >= 15 is 0 Å². The Morgan fingerprint density at radius 1 is 0.426 bits per heavy atom. The zero-order chi connectivity index (χ0) is 31.9. The van der Waals surface area contributed by atoms with Crippen molar-refractivity contribution in [1.82, 2.24) is 9.13 Å². The average molecular weight is 611 g/mol. The van der Waals surface area contributed by atoms with E-state index < -0.39 is 0 Å². The second kappa shape index (κ2) is 10.2. The van der Waals surface area contributed by atoms with Gasteiger partial charge in [0.2, 0.25) is 0 Å². The molecule has 4 nitrogen and oxygen atoms in total. The zero-order valence-corrected chi connectivity index (χ0v) is 27.1. The average Bonchev–Trinajstić information content (AvgIpc) is 3.68. The summed E-state index contributed by atoms with van der Waals surface area (Å²) in [5.41, 5.74) is 9.77. The molecule has 9 rings (SSSR count). The summed E-state index contributed by atoms with van der Waals surface area (Å²) in [6.45, 7) is 8.37. The van der Waals surface area contributed by atoms with Crippen LogP contribution < -0.4 is 5.46 Å². The van der Waals surface area contributed by atoms with Crippen LogP contribution in [0, 0.1) is 0 Å². The Morgan fingerprint density at radius 2 is 0.851 bits per heavy atom. The molecule has 0 saturated carbocycles. The molecular formula is C42H35BN2O2. The van der Waals surface area contributed by atoms with Crippen molar-refractivity contribution in [2.24, 2.45) is 0 Å². The molecular weight excluding hydrogens is 575 g/mol. The van der Waals surface area contributed by atoms with Gasteiger partial charge in [-0.2, -0.15) is 0 Å². The summed E-state index contributed by atoms with van der Waals surface area (Å²) in [7, 11) is -0.381. The van der Waals surface area contributed by atoms with E-state index in [0.29, 0.717) is 0 Å². The van der Waals surface area contributed by atoms with Gasteiger partial charge in [0.05, 0.1) is 33.3 Å². The first kappa shape index (κ1) is 28.2. The Morgan fingerprint density at radius 3 is 1.36 bits per heavy atom. The summed E-state index contributed by atoms with van der Waals surface area (Å²) in [5, 5.41) is 4.99. The first-order valence-corrected chi connectivity index (χ1v) is 16.4. The van der Waals surface area contributed by atoms with Crippen molar-refractivity contribution in [3.05, 3.63) is 140 Å². The fourth-order valence-electron chi connectivity index (χ4n) is 7.20. The molecule has 228 valence electrons. The third-order valence-corrected chi connectivity index (χ3v) is 10.4. The lowest BCUT2D eigenvalue weighted by Gasteiger charge is -2.32. The fraction of sp³-hybridized carbons (Fsp3) is 0.143. The number of fused-ring (bicyclic) bond motifs is 6. The van der Waals surface area contributed by atoms with E-state index in [2.05, 4.69) is 176 Å². The molecule has 5 heteroatoms. The van der Waals surface area contributed by atoms with Gasteiger partial charge in [-0.25, -0.2) is 0 Å². The second-order valence-corrected chi connectivity index (χ2v) is 13.7. The minimum absolute atomic E-state index is 0.371. The number of para-hydroxylation sites is 3. The van der Waals surface area contributed by atoms with Crippen LogP contribution in [0.5, 0.6) is 0 Å². The maximum Gasteiger partial charge on any atom is 0.494 e. The van der Waals surface area contributed by atoms with E-state index in [4.69, 9.17) is 9.31 Å². The molecule has 0 atom stereocenters. The molecule has 0 spiro atoms. The van der Waals surface area contributed by atoms with Crippen molar-refractivity contribution in [2.45, 2.75) is 38.9 Å². The first-order valence-electron chi connectivity index (χ1n) is 16.4. The molecule has 0 unspecified atom stereocenters. The Bertz CT molecular complexity index is 2460. The first-order chi connectivity index (χ1) is 22.8. The zero-order valence-electron chi connectivity index (χ0n) is 27.1. The Balaban J connectivity index is 1.15. The van der Waals surface area contributed by atoms with E-state index in [1.54, 1.807) is 0 Å². The summed E-state index contributed by atoms with van der Waals surface area (Å²) in [6.07, 6.45) is 0. The van der Waals surface area contributed by atoms with E-state index in [1.807, 2.05) is 0 Å². The number of aromatic nitrogens is 2. The maximum absolute atomic E-state index is 6.32. The normalized spacial score (nSPS) is 15.8. The smallest absolute Gasteiger partial charge is 0.399 e. The summed E-state index contributed by atoms with van der Waals surface area (Å²) in [5.74, 6) is 0. The molecule has 6 aromatic carbocycles. The van der Waals surface area contributed by atoms with Crippen molar-refractivity contribution >= 4 is 56.2 Å². The summed E-state index contributed by atoms with van der Waals surface area (Å²) < 4.78 is 17.4. The number of hydrogen-bond acceptors (Lipinski definition) is 2. The Kier molecular flexibility index (Phi) is 6.11. The van der Waals surface area contributed by atoms with Crippen LogP contribution in [0.15, 0.2) is 140 Å². The van der Waals surface area contributed by atoms with Gasteiger partial charge < -0.3 is 18.4 Å². The summed E-state index contributed by atoms with van der Waals surface area (Å²) in [4.78, 5) is 0. The topological polar surface area (TPSA) is 28.3 Å². The van der Waals surface area contributed by atoms with Gasteiger partial charge in [0.25, 0.3) is 0 Å². The minimum atomic E-state index is -0.381. The van der Waals surface area contributed by atoms with Crippen molar-refractivity contribution < 1.29 is 9.31 Å². The second-order valence-electron chi connectivity index (χ2n) is 13.7. The molecule has 1 aliphatic rings. The minimum Gasteiger partial charge on any atom is -0.399 e. The lowest BCUT2D eigenvalue weighted by atomic mass is 9.79. The standard InChI is InChI=1S/C42H35BN2O2/c1-41(2)42(3,4)47-43(46-41)30-20-22-32(23-21-30)45-38-17-11-9-15-34(38)36-27-29(19-25-40(36)45)28-18-24-39-35(26-28)33-14-8-10-16-37(33)44(39)31-12-6-5-7-13-31/h5-27H,1-4H3. The van der Waals surface area contributed by atoms with Gasteiger partial charge in [-0.3, -0.25) is 0 Å². The Labute approximate surface area is 274 Å². The molecule has 0 radical (unpaired) electrons. The van der Waals surface area contributed by atoms with Crippen LogP contribution >= 0.6 is 0 Å². The largest absolute Gasteiger partial charge is 0.494 e. The van der Waals surface area contributed by atoms with Crippen molar-refractivity contribution in [3.63, 3.8) is 0 Å². The molecule has 0 N–H and O–H groups in total. The van der Waals surface area contributed by atoms with Gasteiger partial charge >= 0.3 is 7.12 Å². The molecule has 1 aliphatic heterocycles. The molecule has 47 heavy (non-hydrogen) atoms. The molecule has 0 amide bonds. The highest BCUT2D eigenvalue weighted by molar-refractivity contribution is 6.62. The number of nitrogens with zero attached hydrogens (tertiary/aromatic N) is 2. The van der Waals surface area contributed by atoms with Gasteiger partial charge in [0, 0.05) is 32.9 Å². The van der Waals surface area contributed by atoms with Gasteiger partial charge in [-0.1, -0.05) is 78.9 Å². The van der Waals surface area contributed by atoms with Crippen LogP contribution in [0.4, 0.5) is 0 Å². The lowest BCUT2D eigenvalue weighted by Crippen LogP contribution is -2.41. The van der Waals surface area contributed by atoms with Gasteiger partial charge in [-0.05, 0) is 105 Å². The van der Waals surface area contributed by atoms with Crippen LogP contribution in [-0.2, 0) is 9.31 Å². The maximum atomic E-state index is 6.32. The monoisotopic (exact) mass is 610 g/mol. The number of benzene rings is 6. The summed E-state index contributed by atoms with van der Waals surface area (Å²) in [6, 6.07) is 50.4. The number of rotatable bonds is 4. The quantitative estimate of drug-likeness (QED) is 0.186. The molecule has 8 aromatic rings. The van der Waals surface area contributed by atoms with Crippen LogP contribution in [0.1, 0.15) is 27.7 Å². The number of hydrogen-bond donors (Lipinski definition) is 0. The highest BCUT2D eigenvalue weighted by Crippen LogP contribution is 2.39. The van der Waals surface area contributed by atoms with Crippen molar-refractivity contribution in [1.29, 1.82) is 0 Å². The SMILES string of the molecule is CC1(C)OB(c2ccc(-n3c4ccccc4c4cc(-c5ccc6c(c5)c5ccccc5n6-c5ccccc5)ccc43)cc2)OC1(C)C. The van der Waals surface area contributed by atoms with E-state index in [-0.39, 0.29) is 18.3 Å². The Hall–Kier alpha value is -5.10. The summed E-state index contributed by atoms with van der Waals surface area (Å²) >= 11 is 0. The third-order valence-electron chi connectivity index (χ3n) is 10.4. The third kappa shape index (κ3) is 4.31. The van der Waals surface area contributed by atoms with Crippen LogP contribution in [0.25, 0.3) is 66.1 Å². The van der Waals surface area contributed by atoms with Crippen LogP contribution in [0.3, 0.4) is 0 Å². The van der Waals surface area contributed by atoms with Gasteiger partial charge in [0.15, 0.2) is 0 Å². The molecule has 3 heterocycles. The molecule has 0 bridgehead atoms. The van der Waals surface area contributed by atoms with Crippen molar-refractivity contribution in [3.8, 4) is 22.5 Å². The molecule has 0 aliphatic carbocycles. The van der Waals surface area contributed by atoms with Crippen molar-refractivity contribution in [2.75, 3.05) is 0 Å². The molecule has 1 saturated heterocycles. The van der Waals surface area contributed by atoms with E-state index in [9.17, 15) is 0 Å². The van der Waals surface area contributed by atoms with Crippen LogP contribution in [0.2, 0.25) is 0 Å². The van der Waals surface area contributed by atoms with E-state index in [1.165, 1.54) is 60.4 Å².